The highest BCUT2D eigenvalue weighted by Crippen LogP contribution is 2.28. The lowest BCUT2D eigenvalue weighted by molar-refractivity contribution is 0.195. The fraction of sp³-hybridized carbons (Fsp3) is 0.300. The molecule has 7 heteroatoms. The summed E-state index contributed by atoms with van der Waals surface area (Å²) in [7, 11) is 0. The maximum Gasteiger partial charge on any atom is 0.317 e. The Morgan fingerprint density at radius 1 is 1.07 bits per heavy atom. The minimum Gasteiger partial charge on any atom is -0.353 e. The number of urea groups is 1. The monoisotopic (exact) mass is 362 g/mol. The molecule has 0 radical (unpaired) electrons. The van der Waals surface area contributed by atoms with Crippen molar-refractivity contribution >= 4 is 22.8 Å². The number of amides is 2. The van der Waals surface area contributed by atoms with Crippen molar-refractivity contribution in [1.82, 2.24) is 25.2 Å². The van der Waals surface area contributed by atoms with E-state index in [2.05, 4.69) is 38.4 Å². The third-order valence-corrected chi connectivity index (χ3v) is 4.80. The molecule has 4 rings (SSSR count). The molecule has 0 bridgehead atoms. The van der Waals surface area contributed by atoms with E-state index in [4.69, 9.17) is 4.98 Å². The Balaban J connectivity index is 1.60. The minimum absolute atomic E-state index is 0.00924. The zero-order valence-corrected chi connectivity index (χ0v) is 15.3. The van der Waals surface area contributed by atoms with Crippen LogP contribution in [-0.2, 0) is 0 Å². The molecule has 1 aliphatic rings. The molecule has 0 saturated carbocycles. The molecule has 0 unspecified atom stereocenters. The number of fused-ring (bicyclic) bond motifs is 1. The molecule has 0 atom stereocenters. The van der Waals surface area contributed by atoms with Gasteiger partial charge in [0.1, 0.15) is 12.1 Å². The first-order valence-electron chi connectivity index (χ1n) is 9.19. The van der Waals surface area contributed by atoms with E-state index in [1.165, 1.54) is 6.33 Å². The molecule has 0 aliphatic carbocycles. The Kier molecular flexibility index (Phi) is 4.82. The first kappa shape index (κ1) is 17.2. The van der Waals surface area contributed by atoms with Gasteiger partial charge >= 0.3 is 6.03 Å². The van der Waals surface area contributed by atoms with Crippen LogP contribution in [-0.4, -0.2) is 58.6 Å². The molecule has 1 aliphatic heterocycles. The second-order valence-corrected chi connectivity index (χ2v) is 6.48. The topological polar surface area (TPSA) is 74.2 Å². The van der Waals surface area contributed by atoms with Gasteiger partial charge in [0.2, 0.25) is 0 Å². The van der Waals surface area contributed by atoms with Gasteiger partial charge in [0.15, 0.2) is 0 Å². The number of carbonyl (C=O) groups excluding carboxylic acids is 1. The third-order valence-electron chi connectivity index (χ3n) is 4.80. The van der Waals surface area contributed by atoms with E-state index < -0.39 is 0 Å². The molecule has 27 heavy (non-hydrogen) atoms. The summed E-state index contributed by atoms with van der Waals surface area (Å²) in [5.74, 6) is 0.933. The number of aromatic nitrogens is 3. The maximum atomic E-state index is 12.0. The lowest BCUT2D eigenvalue weighted by Crippen LogP contribution is -2.52. The van der Waals surface area contributed by atoms with E-state index in [-0.39, 0.29) is 6.03 Å². The van der Waals surface area contributed by atoms with Crippen molar-refractivity contribution in [3.63, 3.8) is 0 Å². The Bertz CT molecular complexity index is 938. The molecule has 1 fully saturated rings. The van der Waals surface area contributed by atoms with E-state index in [1.807, 2.05) is 24.0 Å². The summed E-state index contributed by atoms with van der Waals surface area (Å²) < 4.78 is 0. The SMILES string of the molecule is CCNC(=O)N1CCN(c2ccc3cccc(-c4cncnc4)c3n2)CC1. The van der Waals surface area contributed by atoms with Crippen molar-refractivity contribution < 1.29 is 4.79 Å². The van der Waals surface area contributed by atoms with Crippen molar-refractivity contribution in [3.8, 4) is 11.1 Å². The van der Waals surface area contributed by atoms with Gasteiger partial charge in [0, 0.05) is 61.6 Å². The number of pyridine rings is 1. The average molecular weight is 362 g/mol. The first-order valence-corrected chi connectivity index (χ1v) is 9.19. The zero-order valence-electron chi connectivity index (χ0n) is 15.3. The fourth-order valence-corrected chi connectivity index (χ4v) is 3.39. The van der Waals surface area contributed by atoms with Crippen molar-refractivity contribution in [2.75, 3.05) is 37.6 Å². The predicted molar refractivity (Wildman–Crippen MR) is 106 cm³/mol. The van der Waals surface area contributed by atoms with Gasteiger partial charge in [-0.25, -0.2) is 19.7 Å². The molecule has 138 valence electrons. The van der Waals surface area contributed by atoms with Gasteiger partial charge in [-0.15, -0.1) is 0 Å². The highest BCUT2D eigenvalue weighted by molar-refractivity contribution is 5.94. The summed E-state index contributed by atoms with van der Waals surface area (Å²) in [5, 5.41) is 3.94. The molecule has 2 aromatic heterocycles. The van der Waals surface area contributed by atoms with E-state index in [0.29, 0.717) is 19.6 Å². The number of nitrogens with one attached hydrogen (secondary N) is 1. The molecule has 7 nitrogen and oxygen atoms in total. The Morgan fingerprint density at radius 2 is 1.85 bits per heavy atom. The van der Waals surface area contributed by atoms with Gasteiger partial charge in [-0.1, -0.05) is 18.2 Å². The lowest BCUT2D eigenvalue weighted by Gasteiger charge is -2.35. The van der Waals surface area contributed by atoms with Crippen LogP contribution < -0.4 is 10.2 Å². The summed E-state index contributed by atoms with van der Waals surface area (Å²) in [6.45, 7) is 5.51. The quantitative estimate of drug-likeness (QED) is 0.775. The molecule has 1 N–H and O–H groups in total. The molecular weight excluding hydrogens is 340 g/mol. The van der Waals surface area contributed by atoms with E-state index in [9.17, 15) is 4.79 Å². The largest absolute Gasteiger partial charge is 0.353 e. The normalized spacial score (nSPS) is 14.4. The van der Waals surface area contributed by atoms with Gasteiger partial charge in [0.25, 0.3) is 0 Å². The van der Waals surface area contributed by atoms with Crippen molar-refractivity contribution in [3.05, 3.63) is 49.1 Å². The van der Waals surface area contributed by atoms with Crippen LogP contribution in [0.15, 0.2) is 49.1 Å². The van der Waals surface area contributed by atoms with E-state index in [1.54, 1.807) is 12.4 Å². The number of nitrogens with zero attached hydrogens (tertiary/aromatic N) is 5. The first-order chi connectivity index (χ1) is 13.3. The maximum absolute atomic E-state index is 12.0. The Labute approximate surface area is 158 Å². The van der Waals surface area contributed by atoms with E-state index >= 15 is 0 Å². The van der Waals surface area contributed by atoms with Crippen LogP contribution in [0.2, 0.25) is 0 Å². The standard InChI is InChI=1S/C20H22N6O/c1-2-23-20(27)26-10-8-25(9-11-26)18-7-6-15-4-3-5-17(19(15)24-18)16-12-21-14-22-13-16/h3-7,12-14H,2,8-11H2,1H3,(H,23,27). The van der Waals surface area contributed by atoms with Crippen LogP contribution in [0.3, 0.4) is 0 Å². The highest BCUT2D eigenvalue weighted by Gasteiger charge is 2.21. The van der Waals surface area contributed by atoms with Crippen molar-refractivity contribution in [2.45, 2.75) is 6.92 Å². The smallest absolute Gasteiger partial charge is 0.317 e. The predicted octanol–water partition coefficient (Wildman–Crippen LogP) is 2.54. The van der Waals surface area contributed by atoms with Crippen LogP contribution in [0, 0.1) is 0 Å². The van der Waals surface area contributed by atoms with Crippen LogP contribution in [0.25, 0.3) is 22.0 Å². The number of hydrogen-bond acceptors (Lipinski definition) is 5. The van der Waals surface area contributed by atoms with Crippen LogP contribution in [0.4, 0.5) is 10.6 Å². The molecule has 1 saturated heterocycles. The summed E-state index contributed by atoms with van der Waals surface area (Å²) in [6.07, 6.45) is 5.14. The molecular formula is C20H22N6O. The van der Waals surface area contributed by atoms with Crippen molar-refractivity contribution in [1.29, 1.82) is 0 Å². The Morgan fingerprint density at radius 3 is 2.59 bits per heavy atom. The summed E-state index contributed by atoms with van der Waals surface area (Å²) >= 11 is 0. The van der Waals surface area contributed by atoms with Gasteiger partial charge in [0.05, 0.1) is 5.52 Å². The molecule has 0 spiro atoms. The summed E-state index contributed by atoms with van der Waals surface area (Å²) in [6, 6.07) is 10.3. The minimum atomic E-state index is 0.00924. The molecule has 3 heterocycles. The van der Waals surface area contributed by atoms with E-state index in [0.717, 1.165) is 40.9 Å². The zero-order chi connectivity index (χ0) is 18.6. The van der Waals surface area contributed by atoms with Crippen LogP contribution >= 0.6 is 0 Å². The Hall–Kier alpha value is -3.22. The molecule has 1 aromatic carbocycles. The van der Waals surface area contributed by atoms with Gasteiger partial charge < -0.3 is 15.1 Å². The van der Waals surface area contributed by atoms with Crippen molar-refractivity contribution in [2.24, 2.45) is 0 Å². The molecule has 2 amide bonds. The average Bonchev–Trinajstić information content (AvgIpc) is 2.74. The highest BCUT2D eigenvalue weighted by atomic mass is 16.2. The number of anilines is 1. The molecule has 3 aromatic rings. The summed E-state index contributed by atoms with van der Waals surface area (Å²) in [5.41, 5.74) is 2.92. The number of piperazine rings is 1. The van der Waals surface area contributed by atoms with Gasteiger partial charge in [-0.2, -0.15) is 0 Å². The second kappa shape index (κ2) is 7.57. The lowest BCUT2D eigenvalue weighted by atomic mass is 10.0. The number of benzene rings is 1. The number of para-hydroxylation sites is 1. The van der Waals surface area contributed by atoms with Gasteiger partial charge in [-0.3, -0.25) is 0 Å². The van der Waals surface area contributed by atoms with Crippen LogP contribution in [0.1, 0.15) is 6.92 Å². The fourth-order valence-electron chi connectivity index (χ4n) is 3.39. The van der Waals surface area contributed by atoms with Crippen LogP contribution in [0.5, 0.6) is 0 Å². The second-order valence-electron chi connectivity index (χ2n) is 6.48. The van der Waals surface area contributed by atoms with Gasteiger partial charge in [-0.05, 0) is 19.1 Å². The number of rotatable bonds is 3. The third kappa shape index (κ3) is 3.53. The number of carbonyl (C=O) groups is 1. The summed E-state index contributed by atoms with van der Waals surface area (Å²) in [4.78, 5) is 29.3. The number of hydrogen-bond donors (Lipinski definition) is 1.